The molecule has 2 aromatic rings. The molecule has 0 fully saturated rings. The monoisotopic (exact) mass is 338 g/mol. The van der Waals surface area contributed by atoms with Gasteiger partial charge >= 0.3 is 0 Å². The molecule has 0 saturated carbocycles. The summed E-state index contributed by atoms with van der Waals surface area (Å²) < 4.78 is 25.8. The van der Waals surface area contributed by atoms with Crippen molar-refractivity contribution in [2.45, 2.75) is 26.1 Å². The summed E-state index contributed by atoms with van der Waals surface area (Å²) in [6.07, 6.45) is 3.36. The highest BCUT2D eigenvalue weighted by Gasteiger charge is 2.19. The van der Waals surface area contributed by atoms with E-state index in [4.69, 9.17) is 11.6 Å². The van der Waals surface area contributed by atoms with Gasteiger partial charge in [0.2, 0.25) is 0 Å². The van der Waals surface area contributed by atoms with Crippen molar-refractivity contribution in [3.05, 3.63) is 64.5 Å². The quantitative estimate of drug-likeness (QED) is 0.759. The Labute approximate surface area is 136 Å². The van der Waals surface area contributed by atoms with Gasteiger partial charge in [0.1, 0.15) is 5.15 Å². The lowest BCUT2D eigenvalue weighted by Crippen LogP contribution is -2.08. The molecule has 0 saturated heterocycles. The van der Waals surface area contributed by atoms with E-state index in [2.05, 4.69) is 5.10 Å². The fraction of sp³-hybridized carbons (Fsp3) is 0.312. The average Bonchev–Trinajstić information content (AvgIpc) is 2.74. The van der Waals surface area contributed by atoms with Gasteiger partial charge in [0.05, 0.1) is 23.7 Å². The van der Waals surface area contributed by atoms with Crippen molar-refractivity contribution >= 4 is 21.4 Å². The van der Waals surface area contributed by atoms with Crippen molar-refractivity contribution in [1.29, 1.82) is 0 Å². The molecule has 0 spiro atoms. The van der Waals surface area contributed by atoms with Crippen LogP contribution < -0.4 is 0 Å². The summed E-state index contributed by atoms with van der Waals surface area (Å²) in [4.78, 5) is 0. The zero-order valence-electron chi connectivity index (χ0n) is 12.7. The highest BCUT2D eigenvalue weighted by molar-refractivity contribution is 7.90. The summed E-state index contributed by atoms with van der Waals surface area (Å²) in [6.45, 7) is 4.11. The lowest BCUT2D eigenvalue weighted by atomic mass is 10.2. The van der Waals surface area contributed by atoms with Gasteiger partial charge < -0.3 is 0 Å². The van der Waals surface area contributed by atoms with Crippen molar-refractivity contribution in [3.63, 3.8) is 0 Å². The van der Waals surface area contributed by atoms with Crippen LogP contribution in [0.25, 0.3) is 0 Å². The number of sulfone groups is 1. The van der Waals surface area contributed by atoms with Crippen LogP contribution in [0.5, 0.6) is 0 Å². The highest BCUT2D eigenvalue weighted by Crippen LogP contribution is 2.23. The molecule has 1 heterocycles. The molecular weight excluding hydrogens is 320 g/mol. The van der Waals surface area contributed by atoms with Crippen molar-refractivity contribution in [1.82, 2.24) is 9.78 Å². The van der Waals surface area contributed by atoms with Gasteiger partial charge in [-0.15, -0.1) is 0 Å². The fourth-order valence-corrected chi connectivity index (χ4v) is 3.91. The van der Waals surface area contributed by atoms with E-state index in [1.807, 2.05) is 30.3 Å². The van der Waals surface area contributed by atoms with Gasteiger partial charge in [-0.3, -0.25) is 0 Å². The minimum atomic E-state index is -3.23. The number of nitrogens with zero attached hydrogens (tertiary/aromatic N) is 2. The Bertz CT molecular complexity index is 765. The second-order valence-corrected chi connectivity index (χ2v) is 7.59. The zero-order valence-corrected chi connectivity index (χ0v) is 14.2. The smallest absolute Gasteiger partial charge is 0.158 e. The van der Waals surface area contributed by atoms with Crippen molar-refractivity contribution in [2.24, 2.45) is 0 Å². The number of rotatable bonds is 6. The van der Waals surface area contributed by atoms with Gasteiger partial charge in [-0.25, -0.2) is 13.1 Å². The van der Waals surface area contributed by atoms with E-state index in [0.717, 1.165) is 5.56 Å². The van der Waals surface area contributed by atoms with Crippen molar-refractivity contribution in [2.75, 3.05) is 5.75 Å². The Balaban J connectivity index is 2.24. The standard InChI is InChI=1S/C16H19ClN2O2S/c1-3-4-10-22(20,21)12-15-13(2)18-19(16(15)17)11-14-8-6-5-7-9-14/h3-9H,10-12H2,1-2H3/b4-3+. The molecule has 0 radical (unpaired) electrons. The molecule has 118 valence electrons. The molecule has 0 atom stereocenters. The van der Waals surface area contributed by atoms with Crippen LogP contribution in [-0.2, 0) is 22.1 Å². The predicted octanol–water partition coefficient (Wildman–Crippen LogP) is 3.38. The molecule has 2 rings (SSSR count). The molecule has 0 unspecified atom stereocenters. The largest absolute Gasteiger partial charge is 0.249 e. The van der Waals surface area contributed by atoms with E-state index >= 15 is 0 Å². The first-order valence-corrected chi connectivity index (χ1v) is 9.20. The molecule has 0 aliphatic rings. The zero-order chi connectivity index (χ0) is 16.2. The second-order valence-electron chi connectivity index (χ2n) is 5.12. The first-order chi connectivity index (χ1) is 10.4. The maximum absolute atomic E-state index is 12.1. The van der Waals surface area contributed by atoms with Crippen molar-refractivity contribution < 1.29 is 8.42 Å². The maximum atomic E-state index is 12.1. The number of hydrogen-bond donors (Lipinski definition) is 0. The van der Waals surface area contributed by atoms with Gasteiger partial charge in [-0.2, -0.15) is 5.10 Å². The third-order valence-corrected chi connectivity index (χ3v) is 5.16. The summed E-state index contributed by atoms with van der Waals surface area (Å²) >= 11 is 6.34. The van der Waals surface area contributed by atoms with Crippen LogP contribution >= 0.6 is 11.6 Å². The molecule has 22 heavy (non-hydrogen) atoms. The Morgan fingerprint density at radius 1 is 1.27 bits per heavy atom. The normalized spacial score (nSPS) is 12.1. The molecule has 6 heteroatoms. The van der Waals surface area contributed by atoms with Crippen LogP contribution in [0, 0.1) is 6.92 Å². The molecule has 1 aromatic carbocycles. The van der Waals surface area contributed by atoms with Crippen LogP contribution in [0.3, 0.4) is 0 Å². The van der Waals surface area contributed by atoms with Gasteiger partial charge in [0, 0.05) is 5.56 Å². The maximum Gasteiger partial charge on any atom is 0.158 e. The van der Waals surface area contributed by atoms with Gasteiger partial charge in [-0.1, -0.05) is 54.1 Å². The van der Waals surface area contributed by atoms with Crippen molar-refractivity contribution in [3.8, 4) is 0 Å². The number of aryl methyl sites for hydroxylation is 1. The summed E-state index contributed by atoms with van der Waals surface area (Å²) in [5, 5.41) is 4.77. The van der Waals surface area contributed by atoms with Gasteiger partial charge in [0.15, 0.2) is 9.84 Å². The van der Waals surface area contributed by atoms with Crippen LogP contribution in [0.1, 0.15) is 23.7 Å². The molecule has 0 bridgehead atoms. The summed E-state index contributed by atoms with van der Waals surface area (Å²) in [6, 6.07) is 9.80. The average molecular weight is 339 g/mol. The molecule has 0 N–H and O–H groups in total. The number of halogens is 1. The van der Waals surface area contributed by atoms with Gasteiger partial charge in [-0.05, 0) is 19.4 Å². The van der Waals surface area contributed by atoms with Crippen LogP contribution in [0.15, 0.2) is 42.5 Å². The predicted molar refractivity (Wildman–Crippen MR) is 89.8 cm³/mol. The van der Waals surface area contributed by atoms with Gasteiger partial charge in [0.25, 0.3) is 0 Å². The minimum Gasteiger partial charge on any atom is -0.249 e. The highest BCUT2D eigenvalue weighted by atomic mass is 35.5. The molecular formula is C16H19ClN2O2S. The van der Waals surface area contributed by atoms with Crippen LogP contribution in [0.4, 0.5) is 0 Å². The molecule has 0 amide bonds. The number of allylic oxidation sites excluding steroid dienone is 1. The first kappa shape index (κ1) is 16.8. The lowest BCUT2D eigenvalue weighted by molar-refractivity contribution is 0.598. The SMILES string of the molecule is C/C=C/CS(=O)(=O)Cc1c(C)nn(Cc2ccccc2)c1Cl. The minimum absolute atomic E-state index is 0.0170. The summed E-state index contributed by atoms with van der Waals surface area (Å²) in [5.74, 6) is -0.0695. The number of hydrogen-bond acceptors (Lipinski definition) is 3. The molecule has 0 aliphatic heterocycles. The lowest BCUT2D eigenvalue weighted by Gasteiger charge is -2.04. The van der Waals surface area contributed by atoms with E-state index in [9.17, 15) is 8.42 Å². The Morgan fingerprint density at radius 2 is 1.95 bits per heavy atom. The Morgan fingerprint density at radius 3 is 2.59 bits per heavy atom. The summed E-state index contributed by atoms with van der Waals surface area (Å²) in [5.41, 5.74) is 2.31. The van der Waals surface area contributed by atoms with E-state index in [1.54, 1.807) is 30.7 Å². The van der Waals surface area contributed by atoms with E-state index in [1.165, 1.54) is 0 Å². The second kappa shape index (κ2) is 7.11. The molecule has 4 nitrogen and oxygen atoms in total. The van der Waals surface area contributed by atoms with Crippen LogP contribution in [0.2, 0.25) is 5.15 Å². The van der Waals surface area contributed by atoms with E-state index in [0.29, 0.717) is 23.0 Å². The third-order valence-electron chi connectivity index (χ3n) is 3.31. The number of aromatic nitrogens is 2. The first-order valence-electron chi connectivity index (χ1n) is 7.00. The van der Waals surface area contributed by atoms with E-state index < -0.39 is 9.84 Å². The third kappa shape index (κ3) is 4.21. The Hall–Kier alpha value is -1.59. The molecule has 1 aromatic heterocycles. The fourth-order valence-electron chi connectivity index (χ4n) is 2.14. The van der Waals surface area contributed by atoms with Crippen LogP contribution in [-0.4, -0.2) is 24.0 Å². The number of benzene rings is 1. The topological polar surface area (TPSA) is 52.0 Å². The Kier molecular flexibility index (Phi) is 5.42. The summed E-state index contributed by atoms with van der Waals surface area (Å²) in [7, 11) is -3.23. The molecule has 0 aliphatic carbocycles. The van der Waals surface area contributed by atoms with E-state index in [-0.39, 0.29) is 11.5 Å².